The maximum Gasteiger partial charge on any atom is 0.273 e. The zero-order chi connectivity index (χ0) is 15.3. The minimum Gasteiger partial charge on any atom is -0.395 e. The highest BCUT2D eigenvalue weighted by Crippen LogP contribution is 2.21. The van der Waals surface area contributed by atoms with Crippen LogP contribution >= 0.6 is 11.5 Å². The number of hydrogen-bond donors (Lipinski definition) is 3. The van der Waals surface area contributed by atoms with E-state index >= 15 is 0 Å². The van der Waals surface area contributed by atoms with Crippen LogP contribution in [0.25, 0.3) is 0 Å². The zero-order valence-electron chi connectivity index (χ0n) is 12.3. The molecule has 0 aliphatic rings. The van der Waals surface area contributed by atoms with Crippen LogP contribution in [0.2, 0.25) is 0 Å². The van der Waals surface area contributed by atoms with Gasteiger partial charge in [-0.25, -0.2) is 0 Å². The molecule has 4 N–H and O–H groups in total. The standard InChI is InChI=1S/C13H22N4O2S/c1-5-8(4)16-13(19)11-9(14)10(17-20-11)12(18)15-6-7(2)3/h7-8H,5-6,14H2,1-4H3,(H,15,18)(H,16,19). The molecule has 0 aromatic carbocycles. The fraction of sp³-hybridized carbons (Fsp3) is 0.615. The molecule has 1 unspecified atom stereocenters. The van der Waals surface area contributed by atoms with E-state index in [1.165, 1.54) is 0 Å². The van der Waals surface area contributed by atoms with Gasteiger partial charge in [-0.3, -0.25) is 9.59 Å². The molecule has 0 aliphatic carbocycles. The summed E-state index contributed by atoms with van der Waals surface area (Å²) in [5.74, 6) is -0.278. The quantitative estimate of drug-likeness (QED) is 0.743. The Morgan fingerprint density at radius 2 is 1.95 bits per heavy atom. The first kappa shape index (κ1) is 16.4. The summed E-state index contributed by atoms with van der Waals surface area (Å²) in [6.45, 7) is 8.42. The van der Waals surface area contributed by atoms with E-state index in [2.05, 4.69) is 15.0 Å². The Morgan fingerprint density at radius 1 is 1.30 bits per heavy atom. The Hall–Kier alpha value is -1.63. The molecule has 0 fully saturated rings. The first-order valence-electron chi connectivity index (χ1n) is 6.71. The number of carbonyl (C=O) groups excluding carboxylic acids is 2. The lowest BCUT2D eigenvalue weighted by Crippen LogP contribution is -2.32. The maximum atomic E-state index is 12.0. The Labute approximate surface area is 123 Å². The number of hydrogen-bond acceptors (Lipinski definition) is 5. The van der Waals surface area contributed by atoms with E-state index in [1.54, 1.807) is 0 Å². The highest BCUT2D eigenvalue weighted by Gasteiger charge is 2.22. The first-order chi connectivity index (χ1) is 9.36. The van der Waals surface area contributed by atoms with Crippen molar-refractivity contribution in [3.05, 3.63) is 10.6 Å². The van der Waals surface area contributed by atoms with Gasteiger partial charge in [-0.1, -0.05) is 20.8 Å². The van der Waals surface area contributed by atoms with Crippen LogP contribution in [0.5, 0.6) is 0 Å². The third-order valence-corrected chi connectivity index (χ3v) is 3.67. The normalized spacial score (nSPS) is 12.2. The van der Waals surface area contributed by atoms with E-state index in [1.807, 2.05) is 27.7 Å². The van der Waals surface area contributed by atoms with Gasteiger partial charge in [0.05, 0.1) is 5.69 Å². The SMILES string of the molecule is CCC(C)NC(=O)c1snc(C(=O)NCC(C)C)c1N. The maximum absolute atomic E-state index is 12.0. The summed E-state index contributed by atoms with van der Waals surface area (Å²) in [6.07, 6.45) is 0.826. The van der Waals surface area contributed by atoms with E-state index in [-0.39, 0.29) is 29.2 Å². The number of nitrogens with zero attached hydrogens (tertiary/aromatic N) is 1. The van der Waals surface area contributed by atoms with Gasteiger partial charge in [-0.05, 0) is 30.8 Å². The van der Waals surface area contributed by atoms with Crippen molar-refractivity contribution in [2.24, 2.45) is 5.92 Å². The van der Waals surface area contributed by atoms with Gasteiger partial charge in [0.2, 0.25) is 0 Å². The summed E-state index contributed by atoms with van der Waals surface area (Å²) in [4.78, 5) is 24.2. The molecule has 1 atom stereocenters. The van der Waals surface area contributed by atoms with Crippen LogP contribution in [-0.4, -0.2) is 28.8 Å². The molecule has 6 nitrogen and oxygen atoms in total. The van der Waals surface area contributed by atoms with Gasteiger partial charge in [-0.15, -0.1) is 0 Å². The van der Waals surface area contributed by atoms with Crippen molar-refractivity contribution in [3.8, 4) is 0 Å². The minimum absolute atomic E-state index is 0.0576. The summed E-state index contributed by atoms with van der Waals surface area (Å²) in [5, 5.41) is 5.55. The third-order valence-electron chi connectivity index (χ3n) is 2.81. The smallest absolute Gasteiger partial charge is 0.273 e. The molecule has 20 heavy (non-hydrogen) atoms. The summed E-state index contributed by atoms with van der Waals surface area (Å²) in [5.41, 5.74) is 6.13. The molecule has 0 radical (unpaired) electrons. The van der Waals surface area contributed by atoms with E-state index < -0.39 is 0 Å². The molecule has 1 rings (SSSR count). The van der Waals surface area contributed by atoms with Crippen LogP contribution < -0.4 is 16.4 Å². The lowest BCUT2D eigenvalue weighted by molar-refractivity contribution is 0.0941. The number of rotatable bonds is 6. The number of amides is 2. The molecular formula is C13H22N4O2S. The van der Waals surface area contributed by atoms with Gasteiger partial charge in [0.15, 0.2) is 5.69 Å². The van der Waals surface area contributed by atoms with Gasteiger partial charge in [0, 0.05) is 12.6 Å². The summed E-state index contributed by atoms with van der Waals surface area (Å²) < 4.78 is 3.99. The lowest BCUT2D eigenvalue weighted by Gasteiger charge is -2.10. The molecule has 7 heteroatoms. The number of nitrogen functional groups attached to an aromatic ring is 1. The molecule has 1 heterocycles. The molecule has 0 spiro atoms. The molecule has 1 aromatic heterocycles. The molecule has 1 aromatic rings. The molecule has 112 valence electrons. The molecule has 0 aliphatic heterocycles. The van der Waals surface area contributed by atoms with Crippen LogP contribution in [0, 0.1) is 5.92 Å². The molecule has 2 amide bonds. The van der Waals surface area contributed by atoms with E-state index in [4.69, 9.17) is 5.73 Å². The van der Waals surface area contributed by atoms with Gasteiger partial charge >= 0.3 is 0 Å². The van der Waals surface area contributed by atoms with Gasteiger partial charge in [-0.2, -0.15) is 4.37 Å². The van der Waals surface area contributed by atoms with Crippen molar-refractivity contribution in [3.63, 3.8) is 0 Å². The van der Waals surface area contributed by atoms with Crippen molar-refractivity contribution in [1.82, 2.24) is 15.0 Å². The summed E-state index contributed by atoms with van der Waals surface area (Å²) >= 11 is 0.951. The van der Waals surface area contributed by atoms with E-state index in [9.17, 15) is 9.59 Å². The van der Waals surface area contributed by atoms with Crippen molar-refractivity contribution in [1.29, 1.82) is 0 Å². The van der Waals surface area contributed by atoms with Crippen LogP contribution in [-0.2, 0) is 0 Å². The first-order valence-corrected chi connectivity index (χ1v) is 7.48. The Bertz CT molecular complexity index is 485. The Morgan fingerprint density at radius 3 is 2.50 bits per heavy atom. The summed E-state index contributed by atoms with van der Waals surface area (Å²) in [6, 6.07) is 0.0576. The average molecular weight is 298 g/mol. The van der Waals surface area contributed by atoms with E-state index in [0.717, 1.165) is 18.0 Å². The van der Waals surface area contributed by atoms with Crippen LogP contribution in [0.1, 0.15) is 54.3 Å². The summed E-state index contributed by atoms with van der Waals surface area (Å²) in [7, 11) is 0. The number of aromatic nitrogens is 1. The number of anilines is 1. The monoisotopic (exact) mass is 298 g/mol. The average Bonchev–Trinajstić information content (AvgIpc) is 2.77. The lowest BCUT2D eigenvalue weighted by atomic mass is 10.2. The fourth-order valence-electron chi connectivity index (χ4n) is 1.40. The fourth-order valence-corrected chi connectivity index (χ4v) is 2.10. The van der Waals surface area contributed by atoms with Gasteiger partial charge in [0.1, 0.15) is 4.88 Å². The van der Waals surface area contributed by atoms with Crippen molar-refractivity contribution >= 4 is 29.0 Å². The van der Waals surface area contributed by atoms with Crippen molar-refractivity contribution in [2.45, 2.75) is 40.2 Å². The molecular weight excluding hydrogens is 276 g/mol. The zero-order valence-corrected chi connectivity index (χ0v) is 13.1. The second-order valence-corrected chi connectivity index (χ2v) is 5.93. The molecule has 0 saturated heterocycles. The topological polar surface area (TPSA) is 97.1 Å². The van der Waals surface area contributed by atoms with Crippen molar-refractivity contribution < 1.29 is 9.59 Å². The number of carbonyl (C=O) groups is 2. The van der Waals surface area contributed by atoms with Crippen LogP contribution in [0.15, 0.2) is 0 Å². The predicted octanol–water partition coefficient (Wildman–Crippen LogP) is 1.64. The van der Waals surface area contributed by atoms with Crippen molar-refractivity contribution in [2.75, 3.05) is 12.3 Å². The number of nitrogens with one attached hydrogen (secondary N) is 2. The minimum atomic E-state index is -0.338. The third kappa shape index (κ3) is 4.19. The largest absolute Gasteiger partial charge is 0.395 e. The Kier molecular flexibility index (Phi) is 5.94. The number of nitrogens with two attached hydrogens (primary N) is 1. The predicted molar refractivity (Wildman–Crippen MR) is 80.9 cm³/mol. The van der Waals surface area contributed by atoms with Gasteiger partial charge < -0.3 is 16.4 Å². The molecule has 0 saturated carbocycles. The second kappa shape index (κ2) is 7.23. The Balaban J connectivity index is 2.78. The van der Waals surface area contributed by atoms with Crippen LogP contribution in [0.4, 0.5) is 5.69 Å². The molecule has 0 bridgehead atoms. The highest BCUT2D eigenvalue weighted by atomic mass is 32.1. The van der Waals surface area contributed by atoms with Gasteiger partial charge in [0.25, 0.3) is 11.8 Å². The second-order valence-electron chi connectivity index (χ2n) is 5.16. The van der Waals surface area contributed by atoms with E-state index in [0.29, 0.717) is 17.3 Å². The highest BCUT2D eigenvalue weighted by molar-refractivity contribution is 7.09. The van der Waals surface area contributed by atoms with Crippen LogP contribution in [0.3, 0.4) is 0 Å².